The fourth-order valence-electron chi connectivity index (χ4n) is 0.917. The lowest BCUT2D eigenvalue weighted by Crippen LogP contribution is -2.19. The van der Waals surface area contributed by atoms with Crippen molar-refractivity contribution < 1.29 is 24.3 Å². The second-order valence-electron chi connectivity index (χ2n) is 3.28. The lowest BCUT2D eigenvalue weighted by Gasteiger charge is -1.80. The number of carbonyl (C=O) groups excluding carboxylic acids is 4. The molecule has 3 N–H and O–H groups in total. The zero-order valence-electron chi connectivity index (χ0n) is 11.4. The summed E-state index contributed by atoms with van der Waals surface area (Å²) >= 11 is 0. The molecule has 2 aliphatic heterocycles. The molecule has 0 aromatic carbocycles. The summed E-state index contributed by atoms with van der Waals surface area (Å²) in [6, 6.07) is 1.72. The van der Waals surface area contributed by atoms with E-state index < -0.39 is 0 Å². The van der Waals surface area contributed by atoms with E-state index in [2.05, 4.69) is 15.4 Å². The molecule has 2 aliphatic rings. The highest BCUT2D eigenvalue weighted by Gasteiger charge is 2.07. The van der Waals surface area contributed by atoms with Crippen LogP contribution in [0.15, 0.2) is 42.8 Å². The first-order valence-corrected chi connectivity index (χ1v) is 5.67. The van der Waals surface area contributed by atoms with E-state index in [0.29, 0.717) is 0 Å². The molecule has 23 heavy (non-hydrogen) atoms. The third-order valence-electron chi connectivity index (χ3n) is 1.67. The summed E-state index contributed by atoms with van der Waals surface area (Å²) in [4.78, 5) is 40.1. The minimum absolute atomic E-state index is 0.329. The summed E-state index contributed by atoms with van der Waals surface area (Å²) < 4.78 is 0. The van der Waals surface area contributed by atoms with Crippen LogP contribution in [0.2, 0.25) is 0 Å². The van der Waals surface area contributed by atoms with Gasteiger partial charge in [-0.05, 0) is 11.3 Å². The number of aliphatic hydroxyl groups excluding tert-OH is 1. The van der Waals surface area contributed by atoms with E-state index in [-0.39, 0.29) is 23.6 Å². The van der Waals surface area contributed by atoms with Crippen LogP contribution in [0, 0.1) is 11.5 Å². The van der Waals surface area contributed by atoms with Crippen molar-refractivity contribution in [3.63, 3.8) is 0 Å². The summed E-state index contributed by atoms with van der Waals surface area (Å²) in [5, 5.41) is 27.9. The number of rotatable bonds is 0. The summed E-state index contributed by atoms with van der Waals surface area (Å²) in [5.41, 5.74) is 0. The first kappa shape index (κ1) is 19.1. The SMILES string of the molecule is N#CO.O=C1C=CC(=O)N1.O=C1C=CC(=O)N1.c1cnnnc1. The zero-order valence-corrected chi connectivity index (χ0v) is 11.4. The van der Waals surface area contributed by atoms with Gasteiger partial charge in [0.1, 0.15) is 0 Å². The summed E-state index contributed by atoms with van der Waals surface area (Å²) in [6.45, 7) is 0. The van der Waals surface area contributed by atoms with Gasteiger partial charge in [0.2, 0.25) is 0 Å². The van der Waals surface area contributed by atoms with E-state index in [1.165, 1.54) is 24.3 Å². The molecule has 11 heteroatoms. The number of imide groups is 2. The van der Waals surface area contributed by atoms with Crippen LogP contribution in [0.4, 0.5) is 0 Å². The standard InChI is InChI=1S/2C4H3NO2.C3H3N3.CHNO/c2*6-3-1-2-4(7)5-3;1-2-4-6-5-3-1;2-1-3/h2*1-2H,(H,5,6,7);1-3H;3H. The molecule has 1 aromatic heterocycles. The summed E-state index contributed by atoms with van der Waals surface area (Å²) in [5.74, 6) is -1.31. The Morgan fingerprint density at radius 3 is 1.22 bits per heavy atom. The van der Waals surface area contributed by atoms with Crippen LogP contribution < -0.4 is 10.6 Å². The van der Waals surface area contributed by atoms with E-state index in [0.717, 1.165) is 6.26 Å². The Hall–Kier alpha value is -3.94. The number of aromatic nitrogens is 3. The number of nitriles is 1. The molecule has 11 nitrogen and oxygen atoms in total. The Balaban J connectivity index is 0.000000292. The third-order valence-corrected chi connectivity index (χ3v) is 1.67. The van der Waals surface area contributed by atoms with Crippen LogP contribution in [0.25, 0.3) is 0 Å². The zero-order chi connectivity index (χ0) is 17.5. The molecule has 0 bridgehead atoms. The number of amides is 4. The smallest absolute Gasteiger partial charge is 0.283 e. The van der Waals surface area contributed by atoms with Gasteiger partial charge in [-0.25, -0.2) is 0 Å². The number of nitrogens with one attached hydrogen (secondary N) is 2. The normalized spacial score (nSPS) is 13.2. The molecule has 4 amide bonds. The van der Waals surface area contributed by atoms with Gasteiger partial charge in [-0.3, -0.25) is 29.8 Å². The van der Waals surface area contributed by atoms with Crippen molar-refractivity contribution in [2.45, 2.75) is 0 Å². The third kappa shape index (κ3) is 11.6. The lowest BCUT2D eigenvalue weighted by molar-refractivity contribution is -0.125. The van der Waals surface area contributed by atoms with Crippen molar-refractivity contribution in [2.24, 2.45) is 0 Å². The largest absolute Gasteiger partial charge is 0.443 e. The number of carbonyl (C=O) groups is 4. The van der Waals surface area contributed by atoms with E-state index in [1.807, 2.05) is 10.6 Å². The predicted octanol–water partition coefficient (Wildman–Crippen LogP) is -1.89. The van der Waals surface area contributed by atoms with Gasteiger partial charge >= 0.3 is 0 Å². The maximum absolute atomic E-state index is 10.0. The summed E-state index contributed by atoms with van der Waals surface area (Å²) in [7, 11) is 0. The van der Waals surface area contributed by atoms with E-state index in [1.54, 1.807) is 18.5 Å². The van der Waals surface area contributed by atoms with Gasteiger partial charge in [-0.15, -0.1) is 10.2 Å². The van der Waals surface area contributed by atoms with Crippen molar-refractivity contribution in [2.75, 3.05) is 0 Å². The molecule has 118 valence electrons. The van der Waals surface area contributed by atoms with Crippen LogP contribution in [-0.4, -0.2) is 44.1 Å². The first-order chi connectivity index (χ1) is 11.0. The minimum Gasteiger partial charge on any atom is -0.443 e. The van der Waals surface area contributed by atoms with E-state index in [9.17, 15) is 19.2 Å². The van der Waals surface area contributed by atoms with Crippen molar-refractivity contribution in [3.8, 4) is 6.26 Å². The highest BCUT2D eigenvalue weighted by Crippen LogP contribution is 1.83. The summed E-state index contributed by atoms with van der Waals surface area (Å²) in [6.07, 6.45) is 8.69. The average molecular weight is 318 g/mol. The van der Waals surface area contributed by atoms with Crippen molar-refractivity contribution >= 4 is 23.6 Å². The van der Waals surface area contributed by atoms with Crippen LogP contribution in [-0.2, 0) is 19.2 Å². The molecule has 0 fully saturated rings. The molecule has 0 radical (unpaired) electrons. The molecular weight excluding hydrogens is 308 g/mol. The minimum atomic E-state index is -0.329. The van der Waals surface area contributed by atoms with Gasteiger partial charge in [-0.2, -0.15) is 5.26 Å². The van der Waals surface area contributed by atoms with Crippen LogP contribution in [0.3, 0.4) is 0 Å². The van der Waals surface area contributed by atoms with Gasteiger partial charge in [0.25, 0.3) is 29.9 Å². The molecule has 3 rings (SSSR count). The van der Waals surface area contributed by atoms with Crippen LogP contribution >= 0.6 is 0 Å². The Bertz CT molecular complexity index is 555. The Labute approximate surface area is 129 Å². The van der Waals surface area contributed by atoms with E-state index in [4.69, 9.17) is 10.4 Å². The van der Waals surface area contributed by atoms with E-state index >= 15 is 0 Å². The Kier molecular flexibility index (Phi) is 9.82. The predicted molar refractivity (Wildman–Crippen MR) is 72.0 cm³/mol. The molecular formula is C12H10N6O5. The number of hydrogen-bond donors (Lipinski definition) is 3. The molecule has 0 unspecified atom stereocenters. The fraction of sp³-hybridized carbons (Fsp3) is 0. The Morgan fingerprint density at radius 1 is 0.826 bits per heavy atom. The fourth-order valence-corrected chi connectivity index (χ4v) is 0.917. The van der Waals surface area contributed by atoms with Gasteiger partial charge in [-0.1, -0.05) is 0 Å². The van der Waals surface area contributed by atoms with Crippen LogP contribution in [0.1, 0.15) is 0 Å². The highest BCUT2D eigenvalue weighted by atomic mass is 16.2. The average Bonchev–Trinajstić information content (AvgIpc) is 3.10. The second-order valence-corrected chi connectivity index (χ2v) is 3.28. The quantitative estimate of drug-likeness (QED) is 0.364. The molecule has 3 heterocycles. The maximum Gasteiger partial charge on any atom is 0.283 e. The molecule has 0 spiro atoms. The van der Waals surface area contributed by atoms with Crippen molar-refractivity contribution in [1.29, 1.82) is 5.26 Å². The number of hydrogen-bond acceptors (Lipinski definition) is 9. The topological polar surface area (TPSA) is 175 Å². The van der Waals surface area contributed by atoms with Gasteiger partial charge < -0.3 is 5.11 Å². The Morgan fingerprint density at radius 2 is 1.13 bits per heavy atom. The lowest BCUT2D eigenvalue weighted by atomic mass is 10.6. The van der Waals surface area contributed by atoms with Gasteiger partial charge in [0.05, 0.1) is 12.4 Å². The van der Waals surface area contributed by atoms with Gasteiger partial charge in [0, 0.05) is 24.3 Å². The van der Waals surface area contributed by atoms with Crippen molar-refractivity contribution in [1.82, 2.24) is 26.0 Å². The van der Waals surface area contributed by atoms with Gasteiger partial charge in [0.15, 0.2) is 0 Å². The maximum atomic E-state index is 10.0. The molecule has 0 saturated carbocycles. The van der Waals surface area contributed by atoms with Crippen LogP contribution in [0.5, 0.6) is 0 Å². The molecule has 0 aliphatic carbocycles. The molecule has 0 saturated heterocycles. The second kappa shape index (κ2) is 11.9. The highest BCUT2D eigenvalue weighted by molar-refractivity contribution is 6.13. The monoisotopic (exact) mass is 318 g/mol. The molecule has 0 atom stereocenters. The number of aliphatic hydroxyl groups is 1. The number of nitrogens with zero attached hydrogens (tertiary/aromatic N) is 4. The molecule has 1 aromatic rings. The van der Waals surface area contributed by atoms with Crippen molar-refractivity contribution in [3.05, 3.63) is 42.8 Å². The first-order valence-electron chi connectivity index (χ1n) is 5.67.